The maximum Gasteiger partial charge on any atom is 0.253 e. The van der Waals surface area contributed by atoms with Crippen LogP contribution in [0.25, 0.3) is 0 Å². The highest BCUT2D eigenvalue weighted by atomic mass is 16.2. The lowest BCUT2D eigenvalue weighted by molar-refractivity contribution is 0.0724. The Kier molecular flexibility index (Phi) is 3.34. The third kappa shape index (κ3) is 2.42. The monoisotopic (exact) mass is 228 g/mol. The highest BCUT2D eigenvalue weighted by Crippen LogP contribution is 2.17. The Morgan fingerprint density at radius 1 is 1.29 bits per heavy atom. The van der Waals surface area contributed by atoms with Crippen LogP contribution in [0.15, 0.2) is 18.2 Å². The number of nitrogen functional groups attached to an aromatic ring is 1. The molecule has 2 N–H and O–H groups in total. The highest BCUT2D eigenvalue weighted by Gasteiger charge is 2.18. The van der Waals surface area contributed by atoms with Crippen molar-refractivity contribution in [1.82, 2.24) is 4.90 Å². The van der Waals surface area contributed by atoms with Gasteiger partial charge in [0, 0.05) is 29.9 Å². The van der Waals surface area contributed by atoms with Crippen LogP contribution in [-0.4, -0.2) is 23.9 Å². The van der Waals surface area contributed by atoms with Gasteiger partial charge in [0.25, 0.3) is 5.91 Å². The van der Waals surface area contributed by atoms with Crippen molar-refractivity contribution in [2.75, 3.05) is 18.8 Å². The number of likely N-dealkylation sites (tertiary alicyclic amines) is 1. The van der Waals surface area contributed by atoms with Crippen LogP contribution in [0.5, 0.6) is 0 Å². The number of rotatable bonds is 1. The largest absolute Gasteiger partial charge is 0.398 e. The molecule has 0 radical (unpaired) electrons. The second-order valence-corrected chi connectivity index (χ2v) is 4.30. The van der Waals surface area contributed by atoms with Gasteiger partial charge in [-0.05, 0) is 37.5 Å². The van der Waals surface area contributed by atoms with Crippen molar-refractivity contribution in [3.63, 3.8) is 0 Å². The van der Waals surface area contributed by atoms with Crippen LogP contribution >= 0.6 is 0 Å². The third-order valence-corrected chi connectivity index (χ3v) is 3.10. The summed E-state index contributed by atoms with van der Waals surface area (Å²) < 4.78 is 0. The number of piperidine rings is 1. The Morgan fingerprint density at radius 3 is 2.59 bits per heavy atom. The van der Waals surface area contributed by atoms with E-state index in [0.29, 0.717) is 16.8 Å². The van der Waals surface area contributed by atoms with E-state index in [0.717, 1.165) is 25.9 Å². The summed E-state index contributed by atoms with van der Waals surface area (Å²) >= 11 is 0. The molecule has 1 heterocycles. The van der Waals surface area contributed by atoms with Gasteiger partial charge in [-0.3, -0.25) is 4.79 Å². The van der Waals surface area contributed by atoms with Crippen LogP contribution in [0, 0.1) is 12.3 Å². The predicted octanol–water partition coefficient (Wildman–Crippen LogP) is 1.88. The molecule has 0 aromatic heterocycles. The number of nitrogens with zero attached hydrogens (tertiary/aromatic N) is 1. The molecule has 3 nitrogen and oxygen atoms in total. The number of carbonyl (C=O) groups excluding carboxylic acids is 1. The summed E-state index contributed by atoms with van der Waals surface area (Å²) in [5.41, 5.74) is 7.55. The third-order valence-electron chi connectivity index (χ3n) is 3.10. The average Bonchev–Trinajstić information content (AvgIpc) is 2.39. The molecule has 1 aliphatic heterocycles. The maximum absolute atomic E-state index is 12.2. The van der Waals surface area contributed by atoms with Crippen molar-refractivity contribution in [3.05, 3.63) is 29.3 Å². The van der Waals surface area contributed by atoms with Crippen LogP contribution in [0.3, 0.4) is 0 Å². The minimum atomic E-state index is 0.0555. The van der Waals surface area contributed by atoms with Crippen LogP contribution in [-0.2, 0) is 0 Å². The molecule has 1 aliphatic rings. The van der Waals surface area contributed by atoms with Crippen molar-refractivity contribution in [3.8, 4) is 12.3 Å². The summed E-state index contributed by atoms with van der Waals surface area (Å²) in [5.74, 6) is 2.55. The van der Waals surface area contributed by atoms with Gasteiger partial charge in [0.1, 0.15) is 0 Å². The van der Waals surface area contributed by atoms with E-state index in [-0.39, 0.29) is 5.91 Å². The lowest BCUT2D eigenvalue weighted by atomic mass is 10.1. The van der Waals surface area contributed by atoms with Gasteiger partial charge in [-0.2, -0.15) is 0 Å². The van der Waals surface area contributed by atoms with E-state index in [1.807, 2.05) is 4.90 Å². The lowest BCUT2D eigenvalue weighted by Crippen LogP contribution is -2.35. The first-order valence-corrected chi connectivity index (χ1v) is 5.88. The van der Waals surface area contributed by atoms with E-state index in [1.54, 1.807) is 18.2 Å². The van der Waals surface area contributed by atoms with Crippen molar-refractivity contribution in [2.45, 2.75) is 19.3 Å². The van der Waals surface area contributed by atoms with Crippen molar-refractivity contribution < 1.29 is 4.79 Å². The second-order valence-electron chi connectivity index (χ2n) is 4.30. The van der Waals surface area contributed by atoms with Gasteiger partial charge >= 0.3 is 0 Å². The Balaban J connectivity index is 2.19. The molecule has 1 amide bonds. The van der Waals surface area contributed by atoms with E-state index in [1.165, 1.54) is 6.42 Å². The van der Waals surface area contributed by atoms with Gasteiger partial charge < -0.3 is 10.6 Å². The molecule has 3 heteroatoms. The minimum Gasteiger partial charge on any atom is -0.398 e. The number of amides is 1. The molecule has 0 saturated carbocycles. The normalized spacial score (nSPS) is 15.4. The fraction of sp³-hybridized carbons (Fsp3) is 0.357. The lowest BCUT2D eigenvalue weighted by Gasteiger charge is -2.26. The topological polar surface area (TPSA) is 46.3 Å². The molecule has 1 aromatic rings. The Hall–Kier alpha value is -1.95. The van der Waals surface area contributed by atoms with Gasteiger partial charge in [0.05, 0.1) is 0 Å². The van der Waals surface area contributed by atoms with Crippen LogP contribution in [0.2, 0.25) is 0 Å². The van der Waals surface area contributed by atoms with Gasteiger partial charge in [0.15, 0.2) is 0 Å². The van der Waals surface area contributed by atoms with E-state index in [9.17, 15) is 4.79 Å². The zero-order chi connectivity index (χ0) is 12.3. The summed E-state index contributed by atoms with van der Waals surface area (Å²) in [4.78, 5) is 14.1. The van der Waals surface area contributed by atoms with Gasteiger partial charge in [-0.25, -0.2) is 0 Å². The summed E-state index contributed by atoms with van der Waals surface area (Å²) in [6.07, 6.45) is 8.68. The predicted molar refractivity (Wildman–Crippen MR) is 68.5 cm³/mol. The van der Waals surface area contributed by atoms with Crippen LogP contribution in [0.1, 0.15) is 35.2 Å². The summed E-state index contributed by atoms with van der Waals surface area (Å²) in [7, 11) is 0. The molecule has 0 spiro atoms. The number of nitrogens with two attached hydrogens (primary N) is 1. The quantitative estimate of drug-likeness (QED) is 0.589. The van der Waals surface area contributed by atoms with Crippen LogP contribution in [0.4, 0.5) is 5.69 Å². The molecule has 0 unspecified atom stereocenters. The number of carbonyl (C=O) groups is 1. The van der Waals surface area contributed by atoms with Crippen molar-refractivity contribution >= 4 is 11.6 Å². The molecule has 17 heavy (non-hydrogen) atoms. The van der Waals surface area contributed by atoms with Gasteiger partial charge in [-0.15, -0.1) is 6.42 Å². The van der Waals surface area contributed by atoms with Crippen molar-refractivity contribution in [2.24, 2.45) is 0 Å². The summed E-state index contributed by atoms with van der Waals surface area (Å²) in [6.45, 7) is 1.69. The van der Waals surface area contributed by atoms with Crippen molar-refractivity contribution in [1.29, 1.82) is 0 Å². The zero-order valence-electron chi connectivity index (χ0n) is 9.78. The number of terminal acetylenes is 1. The van der Waals surface area contributed by atoms with E-state index in [2.05, 4.69) is 5.92 Å². The molecule has 88 valence electrons. The molecular formula is C14H16N2O. The van der Waals surface area contributed by atoms with E-state index < -0.39 is 0 Å². The van der Waals surface area contributed by atoms with E-state index in [4.69, 9.17) is 12.2 Å². The zero-order valence-corrected chi connectivity index (χ0v) is 9.78. The second kappa shape index (κ2) is 4.92. The molecule has 0 aliphatic carbocycles. The number of benzene rings is 1. The van der Waals surface area contributed by atoms with E-state index >= 15 is 0 Å². The first-order chi connectivity index (χ1) is 8.22. The molecule has 1 saturated heterocycles. The fourth-order valence-corrected chi connectivity index (χ4v) is 2.11. The van der Waals surface area contributed by atoms with Gasteiger partial charge in [0.2, 0.25) is 0 Å². The first kappa shape index (κ1) is 11.5. The number of anilines is 1. The SMILES string of the molecule is C#Cc1ccc(C(=O)N2CCCCC2)cc1N. The molecule has 0 atom stereocenters. The molecule has 2 rings (SSSR count). The Bertz CT molecular complexity index is 468. The molecule has 1 aromatic carbocycles. The minimum absolute atomic E-state index is 0.0555. The first-order valence-electron chi connectivity index (χ1n) is 5.88. The molecule has 1 fully saturated rings. The fourth-order valence-electron chi connectivity index (χ4n) is 2.11. The smallest absolute Gasteiger partial charge is 0.253 e. The Morgan fingerprint density at radius 2 is 2.00 bits per heavy atom. The summed E-state index contributed by atoms with van der Waals surface area (Å²) in [6, 6.07) is 5.15. The molecule has 0 bridgehead atoms. The summed E-state index contributed by atoms with van der Waals surface area (Å²) in [5, 5.41) is 0. The average molecular weight is 228 g/mol. The molecular weight excluding hydrogens is 212 g/mol. The maximum atomic E-state index is 12.2. The van der Waals surface area contributed by atoms with Gasteiger partial charge in [-0.1, -0.05) is 5.92 Å². The van der Waals surface area contributed by atoms with Crippen LogP contribution < -0.4 is 5.73 Å². The standard InChI is InChI=1S/C14H16N2O/c1-2-11-6-7-12(10-13(11)15)14(17)16-8-4-3-5-9-16/h1,6-7,10H,3-5,8-9,15H2. The number of hydrogen-bond acceptors (Lipinski definition) is 2. The number of hydrogen-bond donors (Lipinski definition) is 1. The highest BCUT2D eigenvalue weighted by molar-refractivity contribution is 5.95. The Labute approximate surface area is 102 Å².